The van der Waals surface area contributed by atoms with Gasteiger partial charge in [-0.3, -0.25) is 9.69 Å². The molecule has 0 saturated carbocycles. The van der Waals surface area contributed by atoms with Gasteiger partial charge in [-0.1, -0.05) is 18.2 Å². The molecule has 5 nitrogen and oxygen atoms in total. The van der Waals surface area contributed by atoms with E-state index in [0.29, 0.717) is 0 Å². The maximum atomic E-state index is 12.8. The molecule has 1 fully saturated rings. The summed E-state index contributed by atoms with van der Waals surface area (Å²) in [6.07, 6.45) is 0. The first-order valence-electron chi connectivity index (χ1n) is 9.80. The lowest BCUT2D eigenvalue weighted by molar-refractivity contribution is 0.0626. The summed E-state index contributed by atoms with van der Waals surface area (Å²) in [5.74, 6) is 0.988. The van der Waals surface area contributed by atoms with Crippen molar-refractivity contribution in [3.63, 3.8) is 0 Å². The van der Waals surface area contributed by atoms with E-state index in [-0.39, 0.29) is 5.91 Å². The number of carbonyl (C=O) groups excluding carboxylic acids is 1. The van der Waals surface area contributed by atoms with E-state index >= 15 is 0 Å². The number of aromatic nitrogens is 1. The minimum absolute atomic E-state index is 0.137. The summed E-state index contributed by atoms with van der Waals surface area (Å²) in [7, 11) is 1.67. The number of thiazole rings is 1. The van der Waals surface area contributed by atoms with Crippen molar-refractivity contribution in [3.8, 4) is 16.3 Å². The molecular weight excluding hydrogens is 382 g/mol. The van der Waals surface area contributed by atoms with Crippen LogP contribution in [-0.2, 0) is 6.54 Å². The van der Waals surface area contributed by atoms with E-state index in [4.69, 9.17) is 9.72 Å². The molecule has 0 bridgehead atoms. The Morgan fingerprint density at radius 2 is 1.79 bits per heavy atom. The Morgan fingerprint density at radius 3 is 2.48 bits per heavy atom. The predicted octanol–water partition coefficient (Wildman–Crippen LogP) is 4.09. The smallest absolute Gasteiger partial charge is 0.254 e. The molecule has 0 unspecified atom stereocenters. The van der Waals surface area contributed by atoms with E-state index in [1.54, 1.807) is 18.4 Å². The second-order valence-electron chi connectivity index (χ2n) is 7.26. The van der Waals surface area contributed by atoms with Gasteiger partial charge in [-0.05, 0) is 42.8 Å². The Hall–Kier alpha value is -2.70. The van der Waals surface area contributed by atoms with Crippen LogP contribution in [0.3, 0.4) is 0 Å². The molecule has 2 heterocycles. The van der Waals surface area contributed by atoms with Crippen LogP contribution < -0.4 is 4.74 Å². The third-order valence-corrected chi connectivity index (χ3v) is 6.25. The van der Waals surface area contributed by atoms with Crippen molar-refractivity contribution < 1.29 is 9.53 Å². The van der Waals surface area contributed by atoms with Crippen LogP contribution in [0.2, 0.25) is 0 Å². The average Bonchev–Trinajstić information content (AvgIpc) is 3.23. The van der Waals surface area contributed by atoms with Gasteiger partial charge in [0.25, 0.3) is 5.91 Å². The molecule has 1 aromatic heterocycles. The van der Waals surface area contributed by atoms with E-state index in [1.807, 2.05) is 60.4 Å². The lowest BCUT2D eigenvalue weighted by Gasteiger charge is -2.34. The summed E-state index contributed by atoms with van der Waals surface area (Å²) in [5.41, 5.74) is 4.04. The number of hydrogen-bond acceptors (Lipinski definition) is 5. The molecule has 4 rings (SSSR count). The fraction of sp³-hybridized carbons (Fsp3) is 0.304. The number of carbonyl (C=O) groups is 1. The normalized spacial score (nSPS) is 14.8. The fourth-order valence-corrected chi connectivity index (χ4v) is 4.38. The van der Waals surface area contributed by atoms with Gasteiger partial charge >= 0.3 is 0 Å². The Morgan fingerprint density at radius 1 is 1.07 bits per heavy atom. The van der Waals surface area contributed by atoms with Crippen LogP contribution >= 0.6 is 11.3 Å². The second kappa shape index (κ2) is 8.76. The molecule has 1 amide bonds. The minimum atomic E-state index is 0.137. The number of methoxy groups -OCH3 is 1. The van der Waals surface area contributed by atoms with Crippen LogP contribution in [0.1, 0.15) is 21.6 Å². The van der Waals surface area contributed by atoms with Gasteiger partial charge in [0.15, 0.2) is 0 Å². The van der Waals surface area contributed by atoms with Crippen molar-refractivity contribution in [3.05, 3.63) is 70.7 Å². The van der Waals surface area contributed by atoms with E-state index in [1.165, 1.54) is 0 Å². The number of aryl methyl sites for hydroxylation is 1. The van der Waals surface area contributed by atoms with Crippen molar-refractivity contribution in [2.75, 3.05) is 33.3 Å². The van der Waals surface area contributed by atoms with Crippen LogP contribution in [0.4, 0.5) is 0 Å². The number of piperazine rings is 1. The number of benzene rings is 2. The molecule has 150 valence electrons. The number of ether oxygens (including phenoxy) is 1. The molecule has 0 spiro atoms. The number of amides is 1. The number of nitrogens with zero attached hydrogens (tertiary/aromatic N) is 3. The van der Waals surface area contributed by atoms with Gasteiger partial charge in [0.05, 0.1) is 12.8 Å². The quantitative estimate of drug-likeness (QED) is 0.639. The number of hydrogen-bond donors (Lipinski definition) is 0. The highest BCUT2D eigenvalue weighted by Gasteiger charge is 2.23. The van der Waals surface area contributed by atoms with Crippen LogP contribution in [0.5, 0.6) is 5.75 Å². The Balaban J connectivity index is 1.33. The van der Waals surface area contributed by atoms with Crippen molar-refractivity contribution in [1.29, 1.82) is 0 Å². The zero-order valence-corrected chi connectivity index (χ0v) is 17.6. The van der Waals surface area contributed by atoms with E-state index < -0.39 is 0 Å². The van der Waals surface area contributed by atoms with Crippen LogP contribution in [0, 0.1) is 6.92 Å². The second-order valence-corrected chi connectivity index (χ2v) is 8.11. The highest BCUT2D eigenvalue weighted by molar-refractivity contribution is 7.13. The van der Waals surface area contributed by atoms with Crippen LogP contribution in [-0.4, -0.2) is 54.0 Å². The zero-order chi connectivity index (χ0) is 20.2. The topological polar surface area (TPSA) is 45.7 Å². The van der Waals surface area contributed by atoms with Crippen molar-refractivity contribution >= 4 is 17.2 Å². The zero-order valence-electron chi connectivity index (χ0n) is 16.8. The molecule has 6 heteroatoms. The minimum Gasteiger partial charge on any atom is -0.497 e. The maximum absolute atomic E-state index is 12.8. The van der Waals surface area contributed by atoms with E-state index in [9.17, 15) is 4.79 Å². The highest BCUT2D eigenvalue weighted by Crippen LogP contribution is 2.26. The Bertz CT molecular complexity index is 976. The van der Waals surface area contributed by atoms with Crippen molar-refractivity contribution in [2.45, 2.75) is 13.5 Å². The van der Waals surface area contributed by atoms with Crippen LogP contribution in [0.15, 0.2) is 53.9 Å². The summed E-state index contributed by atoms with van der Waals surface area (Å²) in [4.78, 5) is 21.9. The van der Waals surface area contributed by atoms with Gasteiger partial charge in [0.1, 0.15) is 10.8 Å². The predicted molar refractivity (Wildman–Crippen MR) is 116 cm³/mol. The van der Waals surface area contributed by atoms with Gasteiger partial charge < -0.3 is 9.64 Å². The molecule has 1 saturated heterocycles. The van der Waals surface area contributed by atoms with Gasteiger partial charge in [-0.25, -0.2) is 4.98 Å². The number of rotatable bonds is 5. The molecule has 29 heavy (non-hydrogen) atoms. The molecule has 1 aliphatic heterocycles. The lowest BCUT2D eigenvalue weighted by atomic mass is 10.1. The monoisotopic (exact) mass is 407 g/mol. The van der Waals surface area contributed by atoms with Crippen molar-refractivity contribution in [1.82, 2.24) is 14.8 Å². The molecular formula is C23H25N3O2S. The average molecular weight is 408 g/mol. The molecule has 1 aliphatic rings. The Labute approximate surface area is 175 Å². The molecule has 3 aromatic rings. The largest absolute Gasteiger partial charge is 0.497 e. The fourth-order valence-electron chi connectivity index (χ4n) is 3.57. The molecule has 2 aromatic carbocycles. The van der Waals surface area contributed by atoms with E-state index in [2.05, 4.69) is 10.3 Å². The van der Waals surface area contributed by atoms with Crippen molar-refractivity contribution in [2.24, 2.45) is 0 Å². The highest BCUT2D eigenvalue weighted by atomic mass is 32.1. The van der Waals surface area contributed by atoms with Gasteiger partial charge in [-0.2, -0.15) is 0 Å². The molecule has 0 aliphatic carbocycles. The lowest BCUT2D eigenvalue weighted by Crippen LogP contribution is -2.48. The molecule has 0 N–H and O–H groups in total. The summed E-state index contributed by atoms with van der Waals surface area (Å²) < 4.78 is 5.22. The summed E-state index contributed by atoms with van der Waals surface area (Å²) >= 11 is 1.67. The maximum Gasteiger partial charge on any atom is 0.254 e. The van der Waals surface area contributed by atoms with Gasteiger partial charge in [0.2, 0.25) is 0 Å². The van der Waals surface area contributed by atoms with Gasteiger partial charge in [-0.15, -0.1) is 11.3 Å². The summed E-state index contributed by atoms with van der Waals surface area (Å²) in [5, 5.41) is 3.15. The van der Waals surface area contributed by atoms with Crippen LogP contribution in [0.25, 0.3) is 10.6 Å². The SMILES string of the molecule is COc1ccc(-c2nc(CN3CCN(C(=O)c4ccccc4C)CC3)cs2)cc1. The summed E-state index contributed by atoms with van der Waals surface area (Å²) in [6, 6.07) is 15.8. The first kappa shape index (κ1) is 19.6. The first-order valence-corrected chi connectivity index (χ1v) is 10.7. The third kappa shape index (κ3) is 4.49. The first-order chi connectivity index (χ1) is 14.1. The molecule has 0 radical (unpaired) electrons. The Kier molecular flexibility index (Phi) is 5.92. The standard InChI is InChI=1S/C23H25N3O2S/c1-17-5-3-4-6-21(17)23(27)26-13-11-25(12-14-26)15-19-16-29-22(24-19)18-7-9-20(28-2)10-8-18/h3-10,16H,11-15H2,1-2H3. The van der Waals surface area contributed by atoms with Gasteiger partial charge in [0, 0.05) is 49.2 Å². The third-order valence-electron chi connectivity index (χ3n) is 5.31. The van der Waals surface area contributed by atoms with E-state index in [0.717, 1.165) is 65.9 Å². The summed E-state index contributed by atoms with van der Waals surface area (Å²) in [6.45, 7) is 6.05. The molecule has 0 atom stereocenters.